The van der Waals surface area contributed by atoms with Crippen LogP contribution < -0.4 is 5.73 Å². The van der Waals surface area contributed by atoms with Crippen LogP contribution in [-0.4, -0.2) is 14.6 Å². The van der Waals surface area contributed by atoms with Crippen molar-refractivity contribution in [1.82, 2.24) is 14.6 Å². The molecule has 2 heterocycles. The van der Waals surface area contributed by atoms with Crippen LogP contribution >= 0.6 is 11.5 Å². The smallest absolute Gasteiger partial charge is 0.149 e. The second-order valence-electron chi connectivity index (χ2n) is 3.97. The van der Waals surface area contributed by atoms with Crippen LogP contribution in [0.25, 0.3) is 11.3 Å². The van der Waals surface area contributed by atoms with Crippen molar-refractivity contribution in [2.24, 2.45) is 5.92 Å². The number of anilines is 1. The molecule has 0 spiro atoms. The Labute approximate surface area is 92.7 Å². The molecule has 3 N–H and O–H groups in total. The Hall–Kier alpha value is -1.36. The van der Waals surface area contributed by atoms with Gasteiger partial charge in [0.15, 0.2) is 0 Å². The van der Waals surface area contributed by atoms with Gasteiger partial charge in [-0.15, -0.1) is 0 Å². The van der Waals surface area contributed by atoms with Gasteiger partial charge >= 0.3 is 0 Å². The molecular weight excluding hydrogens is 208 g/mol. The first-order chi connectivity index (χ1) is 7.18. The molecule has 0 saturated heterocycles. The lowest BCUT2D eigenvalue weighted by molar-refractivity contribution is 0.649. The number of hydrogen-bond acceptors (Lipinski definition) is 4. The van der Waals surface area contributed by atoms with Crippen molar-refractivity contribution in [2.45, 2.75) is 20.3 Å². The summed E-state index contributed by atoms with van der Waals surface area (Å²) < 4.78 is 4.08. The SMILES string of the molecule is CC(C)Cc1c(N)n[nH]c1-c1cnsc1. The zero-order valence-electron chi connectivity index (χ0n) is 8.82. The molecule has 0 saturated carbocycles. The van der Waals surface area contributed by atoms with E-state index in [9.17, 15) is 0 Å². The van der Waals surface area contributed by atoms with Crippen molar-refractivity contribution in [3.8, 4) is 11.3 Å². The molecule has 15 heavy (non-hydrogen) atoms. The van der Waals surface area contributed by atoms with Crippen LogP contribution in [0.3, 0.4) is 0 Å². The number of nitrogens with one attached hydrogen (secondary N) is 1. The van der Waals surface area contributed by atoms with E-state index in [-0.39, 0.29) is 0 Å². The topological polar surface area (TPSA) is 67.6 Å². The van der Waals surface area contributed by atoms with E-state index in [4.69, 9.17) is 5.73 Å². The third-order valence-electron chi connectivity index (χ3n) is 2.23. The number of aromatic amines is 1. The van der Waals surface area contributed by atoms with Gasteiger partial charge in [0, 0.05) is 16.5 Å². The minimum absolute atomic E-state index is 0.565. The molecule has 0 amide bonds. The van der Waals surface area contributed by atoms with E-state index in [0.29, 0.717) is 11.7 Å². The Kier molecular flexibility index (Phi) is 2.73. The molecule has 0 aliphatic heterocycles. The molecule has 4 nitrogen and oxygen atoms in total. The van der Waals surface area contributed by atoms with Gasteiger partial charge in [-0.3, -0.25) is 5.10 Å². The Bertz CT molecular complexity index is 430. The molecule has 0 bridgehead atoms. The summed E-state index contributed by atoms with van der Waals surface area (Å²) in [5.41, 5.74) is 9.02. The summed E-state index contributed by atoms with van der Waals surface area (Å²) in [4.78, 5) is 0. The minimum atomic E-state index is 0.565. The van der Waals surface area contributed by atoms with E-state index in [1.165, 1.54) is 11.5 Å². The van der Waals surface area contributed by atoms with Gasteiger partial charge in [-0.25, -0.2) is 4.37 Å². The van der Waals surface area contributed by atoms with Crippen molar-refractivity contribution in [3.63, 3.8) is 0 Å². The molecule has 0 radical (unpaired) electrons. The largest absolute Gasteiger partial charge is 0.382 e. The summed E-state index contributed by atoms with van der Waals surface area (Å²) in [5, 5.41) is 9.03. The number of rotatable bonds is 3. The lowest BCUT2D eigenvalue weighted by Gasteiger charge is -2.05. The van der Waals surface area contributed by atoms with Crippen LogP contribution in [0.5, 0.6) is 0 Å². The standard InChI is InChI=1S/C10H14N4S/c1-6(2)3-8-9(13-14-10(8)11)7-4-12-15-5-7/h4-6H,3H2,1-2H3,(H3,11,13,14). The molecule has 0 aliphatic rings. The number of nitrogens with two attached hydrogens (primary N) is 1. The molecule has 2 aromatic rings. The van der Waals surface area contributed by atoms with Crippen LogP contribution in [0.15, 0.2) is 11.6 Å². The van der Waals surface area contributed by atoms with Crippen molar-refractivity contribution >= 4 is 17.4 Å². The maximum Gasteiger partial charge on any atom is 0.149 e. The molecule has 0 unspecified atom stereocenters. The Morgan fingerprint density at radius 3 is 2.93 bits per heavy atom. The normalized spacial score (nSPS) is 11.1. The Morgan fingerprint density at radius 2 is 2.33 bits per heavy atom. The fourth-order valence-corrected chi connectivity index (χ4v) is 2.09. The van der Waals surface area contributed by atoms with Gasteiger partial charge in [0.1, 0.15) is 5.82 Å². The van der Waals surface area contributed by atoms with Crippen LogP contribution in [0, 0.1) is 5.92 Å². The molecule has 5 heteroatoms. The van der Waals surface area contributed by atoms with E-state index in [2.05, 4.69) is 28.4 Å². The predicted octanol–water partition coefficient (Wildman–Crippen LogP) is 2.31. The van der Waals surface area contributed by atoms with Crippen LogP contribution in [0.2, 0.25) is 0 Å². The maximum absolute atomic E-state index is 5.84. The lowest BCUT2D eigenvalue weighted by atomic mass is 10.0. The second kappa shape index (κ2) is 4.02. The molecule has 0 aromatic carbocycles. The number of hydrogen-bond donors (Lipinski definition) is 2. The summed E-state index contributed by atoms with van der Waals surface area (Å²) in [6.07, 6.45) is 2.77. The summed E-state index contributed by atoms with van der Waals surface area (Å²) >= 11 is 1.43. The molecule has 0 aliphatic carbocycles. The van der Waals surface area contributed by atoms with Gasteiger partial charge in [0.2, 0.25) is 0 Å². The molecular formula is C10H14N4S. The highest BCUT2D eigenvalue weighted by atomic mass is 32.1. The van der Waals surface area contributed by atoms with Gasteiger partial charge < -0.3 is 5.73 Å². The number of nitrogen functional groups attached to an aromatic ring is 1. The highest BCUT2D eigenvalue weighted by Gasteiger charge is 2.14. The lowest BCUT2D eigenvalue weighted by Crippen LogP contribution is -1.98. The maximum atomic E-state index is 5.84. The molecule has 2 rings (SSSR count). The van der Waals surface area contributed by atoms with Gasteiger partial charge in [-0.2, -0.15) is 5.10 Å². The zero-order valence-corrected chi connectivity index (χ0v) is 9.64. The second-order valence-corrected chi connectivity index (χ2v) is 4.63. The third kappa shape index (κ3) is 2.02. The first-order valence-corrected chi connectivity index (χ1v) is 5.74. The minimum Gasteiger partial charge on any atom is -0.382 e. The first-order valence-electron chi connectivity index (χ1n) is 4.91. The monoisotopic (exact) mass is 222 g/mol. The van der Waals surface area contributed by atoms with Gasteiger partial charge in [-0.1, -0.05) is 13.8 Å². The number of aromatic nitrogens is 3. The molecule has 0 atom stereocenters. The average Bonchev–Trinajstić information content (AvgIpc) is 2.76. The fourth-order valence-electron chi connectivity index (χ4n) is 1.56. The number of H-pyrrole nitrogens is 1. The van der Waals surface area contributed by atoms with Crippen molar-refractivity contribution in [3.05, 3.63) is 17.1 Å². The molecule has 80 valence electrons. The Morgan fingerprint density at radius 1 is 1.53 bits per heavy atom. The van der Waals surface area contributed by atoms with E-state index >= 15 is 0 Å². The fraction of sp³-hybridized carbons (Fsp3) is 0.400. The van der Waals surface area contributed by atoms with E-state index in [0.717, 1.165) is 23.2 Å². The molecule has 0 fully saturated rings. The highest BCUT2D eigenvalue weighted by molar-refractivity contribution is 7.03. The predicted molar refractivity (Wildman–Crippen MR) is 62.7 cm³/mol. The summed E-state index contributed by atoms with van der Waals surface area (Å²) in [6, 6.07) is 0. The van der Waals surface area contributed by atoms with E-state index in [1.54, 1.807) is 0 Å². The van der Waals surface area contributed by atoms with E-state index < -0.39 is 0 Å². The average molecular weight is 222 g/mol. The first kappa shape index (κ1) is 10.2. The van der Waals surface area contributed by atoms with Gasteiger partial charge in [0.05, 0.1) is 11.9 Å². The molecule has 2 aromatic heterocycles. The quantitative estimate of drug-likeness (QED) is 0.837. The van der Waals surface area contributed by atoms with Crippen LogP contribution in [0.4, 0.5) is 5.82 Å². The summed E-state index contributed by atoms with van der Waals surface area (Å²) in [7, 11) is 0. The van der Waals surface area contributed by atoms with E-state index in [1.807, 2.05) is 11.6 Å². The van der Waals surface area contributed by atoms with Crippen LogP contribution in [0.1, 0.15) is 19.4 Å². The Balaban J connectivity index is 2.40. The third-order valence-corrected chi connectivity index (χ3v) is 2.82. The van der Waals surface area contributed by atoms with Crippen LogP contribution in [-0.2, 0) is 6.42 Å². The summed E-state index contributed by atoms with van der Waals surface area (Å²) in [6.45, 7) is 4.34. The zero-order chi connectivity index (χ0) is 10.8. The van der Waals surface area contributed by atoms with Gasteiger partial charge in [-0.05, 0) is 23.9 Å². The van der Waals surface area contributed by atoms with Crippen molar-refractivity contribution < 1.29 is 0 Å². The summed E-state index contributed by atoms with van der Waals surface area (Å²) in [5.74, 6) is 1.17. The highest BCUT2D eigenvalue weighted by Crippen LogP contribution is 2.27. The van der Waals surface area contributed by atoms with Crippen molar-refractivity contribution in [1.29, 1.82) is 0 Å². The number of nitrogens with zero attached hydrogens (tertiary/aromatic N) is 2. The van der Waals surface area contributed by atoms with Gasteiger partial charge in [0.25, 0.3) is 0 Å². The van der Waals surface area contributed by atoms with Crippen molar-refractivity contribution in [2.75, 3.05) is 5.73 Å².